The second-order valence-corrected chi connectivity index (χ2v) is 7.21. The minimum Gasteiger partial charge on any atom is -0.480 e. The van der Waals surface area contributed by atoms with E-state index in [1.54, 1.807) is 37.2 Å². The molecule has 0 atom stereocenters. The molecule has 6 heteroatoms. The lowest BCUT2D eigenvalue weighted by Gasteiger charge is -2.22. The average Bonchev–Trinajstić information content (AvgIpc) is 2.93. The van der Waals surface area contributed by atoms with E-state index < -0.39 is 0 Å². The van der Waals surface area contributed by atoms with Crippen molar-refractivity contribution in [2.45, 2.75) is 17.9 Å². The van der Waals surface area contributed by atoms with Crippen LogP contribution >= 0.6 is 11.8 Å². The largest absolute Gasteiger partial charge is 0.480 e. The highest BCUT2D eigenvalue weighted by molar-refractivity contribution is 7.98. The molecule has 2 heterocycles. The number of amides is 1. The molecule has 1 aromatic carbocycles. The number of nitrogens with zero attached hydrogens (tertiary/aromatic N) is 3. The zero-order valence-electron chi connectivity index (χ0n) is 15.4. The molecule has 1 aliphatic heterocycles. The van der Waals surface area contributed by atoms with Gasteiger partial charge in [0.2, 0.25) is 5.88 Å². The molecule has 0 bridgehead atoms. The van der Waals surface area contributed by atoms with E-state index in [9.17, 15) is 4.79 Å². The van der Waals surface area contributed by atoms with Gasteiger partial charge in [0.25, 0.3) is 5.91 Å². The van der Waals surface area contributed by atoms with Gasteiger partial charge in [-0.2, -0.15) is 0 Å². The van der Waals surface area contributed by atoms with Gasteiger partial charge in [-0.3, -0.25) is 9.69 Å². The van der Waals surface area contributed by atoms with Crippen LogP contribution in [-0.4, -0.2) is 60.2 Å². The summed E-state index contributed by atoms with van der Waals surface area (Å²) in [6.07, 6.45) is 4.71. The van der Waals surface area contributed by atoms with Crippen LogP contribution in [0.15, 0.2) is 47.5 Å². The molecule has 138 valence electrons. The molecule has 1 aliphatic rings. The topological polar surface area (TPSA) is 45.7 Å². The van der Waals surface area contributed by atoms with Crippen molar-refractivity contribution >= 4 is 17.7 Å². The van der Waals surface area contributed by atoms with Gasteiger partial charge in [-0.25, -0.2) is 4.98 Å². The summed E-state index contributed by atoms with van der Waals surface area (Å²) >= 11 is 1.77. The van der Waals surface area contributed by atoms with Crippen LogP contribution in [0.3, 0.4) is 0 Å². The van der Waals surface area contributed by atoms with Crippen LogP contribution in [0.2, 0.25) is 0 Å². The fourth-order valence-corrected chi connectivity index (χ4v) is 3.73. The molecule has 1 fully saturated rings. The summed E-state index contributed by atoms with van der Waals surface area (Å²) in [5, 5.41) is 0. The van der Waals surface area contributed by atoms with E-state index >= 15 is 0 Å². The monoisotopic (exact) mass is 371 g/mol. The van der Waals surface area contributed by atoms with Crippen molar-refractivity contribution in [3.05, 3.63) is 53.7 Å². The zero-order valence-corrected chi connectivity index (χ0v) is 16.2. The predicted molar refractivity (Wildman–Crippen MR) is 105 cm³/mol. The Morgan fingerprint density at radius 1 is 1.19 bits per heavy atom. The Kier molecular flexibility index (Phi) is 6.52. The van der Waals surface area contributed by atoms with E-state index in [0.29, 0.717) is 11.4 Å². The normalized spacial score (nSPS) is 15.5. The first kappa shape index (κ1) is 18.7. The number of aromatic nitrogens is 1. The van der Waals surface area contributed by atoms with E-state index in [1.807, 2.05) is 4.90 Å². The molecule has 0 spiro atoms. The fraction of sp³-hybridized carbons (Fsp3) is 0.400. The third-order valence-corrected chi connectivity index (χ3v) is 5.34. The van der Waals surface area contributed by atoms with Gasteiger partial charge in [-0.1, -0.05) is 12.1 Å². The standard InChI is InChI=1S/C20H25N3O2S/c1-25-19-18(8-4-9-21-19)20(24)23-11-5-10-22(12-13-23)15-16-6-3-7-17(14-16)26-2/h3-4,6-9,14H,5,10-13,15H2,1-2H3. The van der Waals surface area contributed by atoms with Crippen LogP contribution in [0.4, 0.5) is 0 Å². The smallest absolute Gasteiger partial charge is 0.259 e. The number of rotatable bonds is 5. The lowest BCUT2D eigenvalue weighted by molar-refractivity contribution is 0.0757. The van der Waals surface area contributed by atoms with Crippen LogP contribution in [0.25, 0.3) is 0 Å². The molecule has 5 nitrogen and oxygen atoms in total. The third-order valence-electron chi connectivity index (χ3n) is 4.61. The fourth-order valence-electron chi connectivity index (χ4n) is 3.25. The summed E-state index contributed by atoms with van der Waals surface area (Å²) in [5.74, 6) is 0.397. The molecule has 0 saturated carbocycles. The van der Waals surface area contributed by atoms with Crippen molar-refractivity contribution in [1.29, 1.82) is 0 Å². The van der Waals surface area contributed by atoms with Gasteiger partial charge in [-0.15, -0.1) is 11.8 Å². The molecule has 1 amide bonds. The lowest BCUT2D eigenvalue weighted by atomic mass is 10.2. The Hall–Kier alpha value is -2.05. The van der Waals surface area contributed by atoms with Gasteiger partial charge in [-0.05, 0) is 42.5 Å². The Labute approximate surface area is 159 Å². The Balaban J connectivity index is 1.63. The number of hydrogen-bond donors (Lipinski definition) is 0. The minimum absolute atomic E-state index is 0.00109. The summed E-state index contributed by atoms with van der Waals surface area (Å²) < 4.78 is 5.24. The summed E-state index contributed by atoms with van der Waals surface area (Å²) in [6.45, 7) is 4.28. The SMILES string of the molecule is COc1ncccc1C(=O)N1CCCN(Cc2cccc(SC)c2)CC1. The van der Waals surface area contributed by atoms with Gasteiger partial charge in [0, 0.05) is 43.8 Å². The molecule has 1 aromatic heterocycles. The molecule has 0 aliphatic carbocycles. The molecule has 1 saturated heterocycles. The highest BCUT2D eigenvalue weighted by Crippen LogP contribution is 2.19. The predicted octanol–water partition coefficient (Wildman–Crippen LogP) is 3.16. The molecule has 0 unspecified atom stereocenters. The maximum Gasteiger partial charge on any atom is 0.259 e. The maximum absolute atomic E-state index is 12.9. The molecule has 3 rings (SSSR count). The zero-order chi connectivity index (χ0) is 18.4. The number of thioether (sulfide) groups is 1. The van der Waals surface area contributed by atoms with Gasteiger partial charge in [0.1, 0.15) is 5.56 Å². The van der Waals surface area contributed by atoms with Crippen LogP contribution in [-0.2, 0) is 6.54 Å². The number of ether oxygens (including phenoxy) is 1. The molecule has 0 radical (unpaired) electrons. The van der Waals surface area contributed by atoms with Crippen LogP contribution in [0.1, 0.15) is 22.3 Å². The minimum atomic E-state index is 0.00109. The Bertz CT molecular complexity index is 753. The summed E-state index contributed by atoms with van der Waals surface area (Å²) in [6, 6.07) is 12.2. The average molecular weight is 372 g/mol. The van der Waals surface area contributed by atoms with Gasteiger partial charge < -0.3 is 9.64 Å². The van der Waals surface area contributed by atoms with E-state index in [0.717, 1.165) is 39.1 Å². The molecule has 0 N–H and O–H groups in total. The van der Waals surface area contributed by atoms with Gasteiger partial charge in [0.15, 0.2) is 0 Å². The number of pyridine rings is 1. The van der Waals surface area contributed by atoms with E-state index in [1.165, 1.54) is 10.5 Å². The van der Waals surface area contributed by atoms with Crippen molar-refractivity contribution in [2.24, 2.45) is 0 Å². The van der Waals surface area contributed by atoms with Gasteiger partial charge in [0.05, 0.1) is 7.11 Å². The van der Waals surface area contributed by atoms with Crippen molar-refractivity contribution in [3.63, 3.8) is 0 Å². The molecule has 26 heavy (non-hydrogen) atoms. The summed E-state index contributed by atoms with van der Waals surface area (Å²) in [5.41, 5.74) is 1.86. The van der Waals surface area contributed by atoms with E-state index in [2.05, 4.69) is 40.4 Å². The Morgan fingerprint density at radius 3 is 2.88 bits per heavy atom. The molecular formula is C20H25N3O2S. The first-order valence-corrected chi connectivity index (χ1v) is 10.1. The summed E-state index contributed by atoms with van der Waals surface area (Å²) in [7, 11) is 1.55. The molecule has 2 aromatic rings. The Morgan fingerprint density at radius 2 is 2.08 bits per heavy atom. The van der Waals surface area contributed by atoms with Crippen molar-refractivity contribution in [1.82, 2.24) is 14.8 Å². The first-order chi connectivity index (χ1) is 12.7. The number of benzene rings is 1. The van der Waals surface area contributed by atoms with E-state index in [-0.39, 0.29) is 5.91 Å². The van der Waals surface area contributed by atoms with Crippen molar-refractivity contribution in [2.75, 3.05) is 39.5 Å². The lowest BCUT2D eigenvalue weighted by Crippen LogP contribution is -2.35. The number of carbonyl (C=O) groups excluding carboxylic acids is 1. The highest BCUT2D eigenvalue weighted by Gasteiger charge is 2.23. The molecular weight excluding hydrogens is 346 g/mol. The quantitative estimate of drug-likeness (QED) is 0.756. The summed E-state index contributed by atoms with van der Waals surface area (Å²) in [4.78, 5) is 22.6. The second-order valence-electron chi connectivity index (χ2n) is 6.33. The number of methoxy groups -OCH3 is 1. The van der Waals surface area contributed by atoms with Crippen LogP contribution in [0.5, 0.6) is 5.88 Å². The van der Waals surface area contributed by atoms with Crippen molar-refractivity contribution < 1.29 is 9.53 Å². The second kappa shape index (κ2) is 9.05. The maximum atomic E-state index is 12.9. The van der Waals surface area contributed by atoms with Gasteiger partial charge >= 0.3 is 0 Å². The van der Waals surface area contributed by atoms with Crippen LogP contribution in [0, 0.1) is 0 Å². The van der Waals surface area contributed by atoms with Crippen LogP contribution < -0.4 is 4.74 Å². The van der Waals surface area contributed by atoms with Crippen molar-refractivity contribution in [3.8, 4) is 5.88 Å². The number of carbonyl (C=O) groups is 1. The third kappa shape index (κ3) is 4.56. The highest BCUT2D eigenvalue weighted by atomic mass is 32.2. The number of hydrogen-bond acceptors (Lipinski definition) is 5. The van der Waals surface area contributed by atoms with E-state index in [4.69, 9.17) is 4.74 Å². The first-order valence-electron chi connectivity index (χ1n) is 8.85.